The average Bonchev–Trinajstić information content (AvgIpc) is 2.46. The molecule has 3 heteroatoms. The van der Waals surface area contributed by atoms with Crippen molar-refractivity contribution in [2.75, 3.05) is 0 Å². The second-order valence-electron chi connectivity index (χ2n) is 5.21. The number of aldehydes is 1. The predicted octanol–water partition coefficient (Wildman–Crippen LogP) is 3.77. The summed E-state index contributed by atoms with van der Waals surface area (Å²) in [7, 11) is 0. The highest BCUT2D eigenvalue weighted by Crippen LogP contribution is 2.27. The third-order valence-corrected chi connectivity index (χ3v) is 3.71. The number of carbonyl (C=O) groups is 2. The summed E-state index contributed by atoms with van der Waals surface area (Å²) in [5.74, 6) is 0.939. The fraction of sp³-hybridized carbons (Fsp3) is 0.500. The van der Waals surface area contributed by atoms with Gasteiger partial charge in [-0.05, 0) is 24.5 Å². The van der Waals surface area contributed by atoms with Crippen LogP contribution >= 0.6 is 0 Å². The summed E-state index contributed by atoms with van der Waals surface area (Å²) in [5, 5.41) is 0. The minimum absolute atomic E-state index is 0.200. The zero-order valence-corrected chi connectivity index (χ0v) is 11.1. The first kappa shape index (κ1) is 13.8. The predicted molar refractivity (Wildman–Crippen MR) is 73.3 cm³/mol. The Bertz CT molecular complexity index is 433. The molecule has 1 saturated carbocycles. The molecule has 2 rings (SSSR count). The first-order valence-corrected chi connectivity index (χ1v) is 7.04. The smallest absolute Gasteiger partial charge is 0.311 e. The Morgan fingerprint density at radius 2 is 2.05 bits per heavy atom. The van der Waals surface area contributed by atoms with E-state index in [0.29, 0.717) is 23.7 Å². The zero-order valence-electron chi connectivity index (χ0n) is 11.1. The van der Waals surface area contributed by atoms with Crippen LogP contribution in [0, 0.1) is 5.92 Å². The monoisotopic (exact) mass is 260 g/mol. The van der Waals surface area contributed by atoms with Crippen molar-refractivity contribution >= 4 is 12.3 Å². The van der Waals surface area contributed by atoms with Gasteiger partial charge in [0, 0.05) is 12.0 Å². The van der Waals surface area contributed by atoms with Crippen LogP contribution in [0.5, 0.6) is 5.75 Å². The Kier molecular flexibility index (Phi) is 5.13. The number of hydrogen-bond donors (Lipinski definition) is 0. The van der Waals surface area contributed by atoms with Crippen molar-refractivity contribution in [1.82, 2.24) is 0 Å². The van der Waals surface area contributed by atoms with Crippen LogP contribution in [0.3, 0.4) is 0 Å². The molecule has 0 aliphatic heterocycles. The van der Waals surface area contributed by atoms with Crippen molar-refractivity contribution in [3.05, 3.63) is 29.8 Å². The first-order chi connectivity index (χ1) is 9.28. The Balaban J connectivity index is 1.78. The highest BCUT2D eigenvalue weighted by Gasteiger charge is 2.15. The van der Waals surface area contributed by atoms with E-state index in [0.717, 1.165) is 12.7 Å². The SMILES string of the molecule is O=Cc1cccc(OC(=O)CCC2CCCCC2)c1. The van der Waals surface area contributed by atoms with Gasteiger partial charge in [-0.25, -0.2) is 0 Å². The van der Waals surface area contributed by atoms with Crippen molar-refractivity contribution in [2.45, 2.75) is 44.9 Å². The molecule has 0 heterocycles. The summed E-state index contributed by atoms with van der Waals surface area (Å²) >= 11 is 0. The largest absolute Gasteiger partial charge is 0.427 e. The van der Waals surface area contributed by atoms with Gasteiger partial charge in [-0.15, -0.1) is 0 Å². The fourth-order valence-corrected chi connectivity index (χ4v) is 2.63. The molecule has 0 atom stereocenters. The van der Waals surface area contributed by atoms with Crippen molar-refractivity contribution in [1.29, 1.82) is 0 Å². The van der Waals surface area contributed by atoms with Gasteiger partial charge in [-0.2, -0.15) is 0 Å². The molecule has 0 amide bonds. The lowest BCUT2D eigenvalue weighted by Crippen LogP contribution is -2.12. The molecule has 0 radical (unpaired) electrons. The molecule has 1 aromatic carbocycles. The number of esters is 1. The van der Waals surface area contributed by atoms with Crippen molar-refractivity contribution in [3.8, 4) is 5.75 Å². The van der Waals surface area contributed by atoms with Crippen molar-refractivity contribution in [2.24, 2.45) is 5.92 Å². The number of rotatable bonds is 5. The lowest BCUT2D eigenvalue weighted by molar-refractivity contribution is -0.134. The molecule has 1 aromatic rings. The van der Waals surface area contributed by atoms with Crippen LogP contribution in [0.4, 0.5) is 0 Å². The lowest BCUT2D eigenvalue weighted by atomic mass is 9.86. The summed E-state index contributed by atoms with van der Waals surface area (Å²) in [6, 6.07) is 6.69. The summed E-state index contributed by atoms with van der Waals surface area (Å²) < 4.78 is 5.25. The maximum atomic E-state index is 11.7. The van der Waals surface area contributed by atoms with E-state index in [1.54, 1.807) is 24.3 Å². The van der Waals surface area contributed by atoms with Crippen LogP contribution in [0.15, 0.2) is 24.3 Å². The summed E-state index contributed by atoms with van der Waals surface area (Å²) in [4.78, 5) is 22.4. The lowest BCUT2D eigenvalue weighted by Gasteiger charge is -2.20. The molecular weight excluding hydrogens is 240 g/mol. The Morgan fingerprint density at radius 1 is 1.26 bits per heavy atom. The standard InChI is InChI=1S/C16H20O3/c17-12-14-7-4-8-15(11-14)19-16(18)10-9-13-5-2-1-3-6-13/h4,7-8,11-13H,1-3,5-6,9-10H2. The molecular formula is C16H20O3. The first-order valence-electron chi connectivity index (χ1n) is 7.04. The van der Waals surface area contributed by atoms with Gasteiger partial charge in [0.25, 0.3) is 0 Å². The summed E-state index contributed by atoms with van der Waals surface area (Å²) in [5.41, 5.74) is 0.526. The molecule has 0 unspecified atom stereocenters. The van der Waals surface area contributed by atoms with E-state index in [4.69, 9.17) is 4.74 Å². The van der Waals surface area contributed by atoms with Crippen LogP contribution in [0.25, 0.3) is 0 Å². The van der Waals surface area contributed by atoms with Crippen molar-refractivity contribution in [3.63, 3.8) is 0 Å². The highest BCUT2D eigenvalue weighted by atomic mass is 16.5. The number of ether oxygens (including phenoxy) is 1. The molecule has 3 nitrogen and oxygen atoms in total. The van der Waals surface area contributed by atoms with Gasteiger partial charge in [0.15, 0.2) is 0 Å². The minimum atomic E-state index is -0.200. The molecule has 1 aliphatic carbocycles. The summed E-state index contributed by atoms with van der Waals surface area (Å²) in [6.45, 7) is 0. The molecule has 0 spiro atoms. The van der Waals surface area contributed by atoms with Gasteiger partial charge in [0.2, 0.25) is 0 Å². The molecule has 102 valence electrons. The van der Waals surface area contributed by atoms with E-state index in [2.05, 4.69) is 0 Å². The van der Waals surface area contributed by atoms with Gasteiger partial charge in [0.1, 0.15) is 12.0 Å². The van der Waals surface area contributed by atoms with E-state index in [9.17, 15) is 9.59 Å². The van der Waals surface area contributed by atoms with Crippen LogP contribution in [0.1, 0.15) is 55.3 Å². The quantitative estimate of drug-likeness (QED) is 0.460. The molecule has 19 heavy (non-hydrogen) atoms. The number of benzene rings is 1. The van der Waals surface area contributed by atoms with E-state index >= 15 is 0 Å². The number of carbonyl (C=O) groups excluding carboxylic acids is 2. The van der Waals surface area contributed by atoms with Crippen LogP contribution in [-0.4, -0.2) is 12.3 Å². The van der Waals surface area contributed by atoms with Gasteiger partial charge in [0.05, 0.1) is 0 Å². The Morgan fingerprint density at radius 3 is 2.79 bits per heavy atom. The topological polar surface area (TPSA) is 43.4 Å². The highest BCUT2D eigenvalue weighted by molar-refractivity contribution is 5.77. The Hall–Kier alpha value is -1.64. The van der Waals surface area contributed by atoms with E-state index in [-0.39, 0.29) is 5.97 Å². The van der Waals surface area contributed by atoms with E-state index < -0.39 is 0 Å². The third kappa shape index (κ3) is 4.51. The average molecular weight is 260 g/mol. The van der Waals surface area contributed by atoms with Crippen LogP contribution in [-0.2, 0) is 4.79 Å². The Labute approximate surface area is 114 Å². The molecule has 1 aliphatic rings. The van der Waals surface area contributed by atoms with Gasteiger partial charge < -0.3 is 4.74 Å². The fourth-order valence-electron chi connectivity index (χ4n) is 2.63. The summed E-state index contributed by atoms with van der Waals surface area (Å²) in [6.07, 6.45) is 8.55. The molecule has 0 aromatic heterocycles. The van der Waals surface area contributed by atoms with E-state index in [1.807, 2.05) is 0 Å². The van der Waals surface area contributed by atoms with Gasteiger partial charge >= 0.3 is 5.97 Å². The third-order valence-electron chi connectivity index (χ3n) is 3.71. The van der Waals surface area contributed by atoms with Gasteiger partial charge in [-0.3, -0.25) is 9.59 Å². The van der Waals surface area contributed by atoms with Gasteiger partial charge in [-0.1, -0.05) is 44.2 Å². The van der Waals surface area contributed by atoms with E-state index in [1.165, 1.54) is 32.1 Å². The minimum Gasteiger partial charge on any atom is -0.427 e. The molecule has 0 bridgehead atoms. The molecule has 0 saturated heterocycles. The molecule has 1 fully saturated rings. The maximum absolute atomic E-state index is 11.7. The maximum Gasteiger partial charge on any atom is 0.311 e. The second kappa shape index (κ2) is 7.07. The molecule has 0 N–H and O–H groups in total. The zero-order chi connectivity index (χ0) is 13.5. The van der Waals surface area contributed by atoms with Crippen LogP contribution in [0.2, 0.25) is 0 Å². The number of hydrogen-bond acceptors (Lipinski definition) is 3. The van der Waals surface area contributed by atoms with Crippen molar-refractivity contribution < 1.29 is 14.3 Å². The van der Waals surface area contributed by atoms with Crippen LogP contribution < -0.4 is 4.74 Å². The second-order valence-corrected chi connectivity index (χ2v) is 5.21. The normalized spacial score (nSPS) is 16.0.